The maximum atomic E-state index is 11.4. The van der Waals surface area contributed by atoms with E-state index in [1.54, 1.807) is 0 Å². The predicted molar refractivity (Wildman–Crippen MR) is 129 cm³/mol. The third-order valence-electron chi connectivity index (χ3n) is 6.62. The average Bonchev–Trinajstić information content (AvgIpc) is 3.55. The first-order chi connectivity index (χ1) is 15.9. The van der Waals surface area contributed by atoms with Crippen LogP contribution in [0.5, 0.6) is 0 Å². The van der Waals surface area contributed by atoms with Crippen molar-refractivity contribution in [2.75, 3.05) is 30.0 Å². The molecule has 2 fully saturated rings. The highest BCUT2D eigenvalue weighted by Crippen LogP contribution is 2.39. The van der Waals surface area contributed by atoms with Gasteiger partial charge in [0.15, 0.2) is 0 Å². The fourth-order valence-electron chi connectivity index (χ4n) is 4.69. The SMILES string of the molecule is CC[C@H](CC(=O)O)c1ccc(N(CC(C)C)C2CCOCC2)c(Nc2n[nH]c(C3CC3)n2)c1. The monoisotopic (exact) mass is 455 g/mol. The van der Waals surface area contributed by atoms with Crippen molar-refractivity contribution in [3.8, 4) is 0 Å². The van der Waals surface area contributed by atoms with Crippen LogP contribution in [0.15, 0.2) is 18.2 Å². The Labute approximate surface area is 196 Å². The van der Waals surface area contributed by atoms with Crippen LogP contribution in [0.1, 0.15) is 82.5 Å². The molecule has 1 atom stereocenters. The zero-order valence-corrected chi connectivity index (χ0v) is 20.0. The zero-order chi connectivity index (χ0) is 23.4. The number of nitrogens with one attached hydrogen (secondary N) is 2. The zero-order valence-electron chi connectivity index (χ0n) is 20.0. The third-order valence-corrected chi connectivity index (χ3v) is 6.62. The van der Waals surface area contributed by atoms with Gasteiger partial charge in [-0.25, -0.2) is 0 Å². The molecule has 8 nitrogen and oxygen atoms in total. The minimum absolute atomic E-state index is 0.0344. The van der Waals surface area contributed by atoms with Gasteiger partial charge in [0, 0.05) is 31.7 Å². The number of carbonyl (C=O) groups is 1. The molecule has 0 bridgehead atoms. The number of ether oxygens (including phenoxy) is 1. The lowest BCUT2D eigenvalue weighted by molar-refractivity contribution is -0.137. The number of benzene rings is 1. The van der Waals surface area contributed by atoms with Crippen LogP contribution in [0.3, 0.4) is 0 Å². The van der Waals surface area contributed by atoms with Crippen molar-refractivity contribution < 1.29 is 14.6 Å². The summed E-state index contributed by atoms with van der Waals surface area (Å²) in [7, 11) is 0. The molecule has 1 aliphatic carbocycles. The number of carboxylic acid groups (broad SMARTS) is 1. The van der Waals surface area contributed by atoms with E-state index in [2.05, 4.69) is 57.4 Å². The Morgan fingerprint density at radius 3 is 2.67 bits per heavy atom. The van der Waals surface area contributed by atoms with E-state index < -0.39 is 5.97 Å². The number of H-pyrrole nitrogens is 1. The van der Waals surface area contributed by atoms with Crippen LogP contribution in [0, 0.1) is 5.92 Å². The van der Waals surface area contributed by atoms with Gasteiger partial charge in [0.2, 0.25) is 5.95 Å². The Hall–Kier alpha value is -2.61. The molecule has 3 N–H and O–H groups in total. The van der Waals surface area contributed by atoms with E-state index in [9.17, 15) is 9.90 Å². The number of carboxylic acids is 1. The first-order valence-corrected chi connectivity index (χ1v) is 12.3. The van der Waals surface area contributed by atoms with Gasteiger partial charge in [-0.15, -0.1) is 5.10 Å². The minimum Gasteiger partial charge on any atom is -0.481 e. The van der Waals surface area contributed by atoms with E-state index >= 15 is 0 Å². The van der Waals surface area contributed by atoms with Gasteiger partial charge >= 0.3 is 5.97 Å². The van der Waals surface area contributed by atoms with Crippen LogP contribution in [0.25, 0.3) is 0 Å². The molecule has 1 aromatic carbocycles. The molecule has 0 radical (unpaired) electrons. The highest BCUT2D eigenvalue weighted by atomic mass is 16.5. The third kappa shape index (κ3) is 6.05. The Bertz CT molecular complexity index is 934. The highest BCUT2D eigenvalue weighted by molar-refractivity contribution is 5.75. The summed E-state index contributed by atoms with van der Waals surface area (Å²) in [6.45, 7) is 9.02. The second-order valence-corrected chi connectivity index (χ2v) is 9.81. The van der Waals surface area contributed by atoms with Crippen LogP contribution < -0.4 is 10.2 Å². The van der Waals surface area contributed by atoms with Crippen molar-refractivity contribution in [3.63, 3.8) is 0 Å². The van der Waals surface area contributed by atoms with Gasteiger partial charge in [-0.2, -0.15) is 4.98 Å². The molecule has 4 rings (SSSR count). The molecule has 0 unspecified atom stereocenters. The van der Waals surface area contributed by atoms with Crippen LogP contribution >= 0.6 is 0 Å². The minimum atomic E-state index is -0.771. The Morgan fingerprint density at radius 1 is 1.27 bits per heavy atom. The molecule has 8 heteroatoms. The molecule has 1 saturated heterocycles. The van der Waals surface area contributed by atoms with Gasteiger partial charge in [0.25, 0.3) is 0 Å². The van der Waals surface area contributed by atoms with E-state index in [0.29, 0.717) is 23.8 Å². The molecule has 180 valence electrons. The fraction of sp³-hybridized carbons (Fsp3) is 0.640. The quantitative estimate of drug-likeness (QED) is 0.436. The molecule has 1 aliphatic heterocycles. The summed E-state index contributed by atoms with van der Waals surface area (Å²) < 4.78 is 5.63. The summed E-state index contributed by atoms with van der Waals surface area (Å²) in [6.07, 6.45) is 5.21. The van der Waals surface area contributed by atoms with E-state index in [-0.39, 0.29) is 12.3 Å². The van der Waals surface area contributed by atoms with Gasteiger partial charge in [0.05, 0.1) is 17.8 Å². The van der Waals surface area contributed by atoms with Gasteiger partial charge < -0.3 is 20.1 Å². The number of rotatable bonds is 11. The van der Waals surface area contributed by atoms with Crippen molar-refractivity contribution in [2.24, 2.45) is 5.92 Å². The van der Waals surface area contributed by atoms with E-state index in [4.69, 9.17) is 4.74 Å². The molecule has 0 amide bonds. The molecule has 1 aromatic heterocycles. The van der Waals surface area contributed by atoms with Crippen molar-refractivity contribution in [1.29, 1.82) is 0 Å². The van der Waals surface area contributed by atoms with Crippen LogP contribution in [-0.2, 0) is 9.53 Å². The van der Waals surface area contributed by atoms with Crippen LogP contribution in [0.2, 0.25) is 0 Å². The summed E-state index contributed by atoms with van der Waals surface area (Å²) in [6, 6.07) is 6.75. The van der Waals surface area contributed by atoms with Crippen molar-refractivity contribution in [2.45, 2.75) is 77.2 Å². The number of hydrogen-bond donors (Lipinski definition) is 3. The number of anilines is 3. The van der Waals surface area contributed by atoms with Gasteiger partial charge in [-0.05, 0) is 61.6 Å². The Morgan fingerprint density at radius 2 is 2.03 bits per heavy atom. The summed E-state index contributed by atoms with van der Waals surface area (Å²) in [5.74, 6) is 1.70. The summed E-state index contributed by atoms with van der Waals surface area (Å²) in [4.78, 5) is 18.6. The molecule has 2 aromatic rings. The maximum absolute atomic E-state index is 11.4. The van der Waals surface area contributed by atoms with E-state index in [1.807, 2.05) is 6.92 Å². The molecule has 2 heterocycles. The number of hydrogen-bond acceptors (Lipinski definition) is 6. The second-order valence-electron chi connectivity index (χ2n) is 9.81. The van der Waals surface area contributed by atoms with Crippen LogP contribution in [-0.4, -0.2) is 52.1 Å². The summed E-state index contributed by atoms with van der Waals surface area (Å²) in [5.41, 5.74) is 3.08. The van der Waals surface area contributed by atoms with Crippen molar-refractivity contribution in [3.05, 3.63) is 29.6 Å². The number of aromatic amines is 1. The first-order valence-electron chi connectivity index (χ1n) is 12.3. The van der Waals surface area contributed by atoms with Crippen molar-refractivity contribution in [1.82, 2.24) is 15.2 Å². The smallest absolute Gasteiger partial charge is 0.303 e. The van der Waals surface area contributed by atoms with Crippen molar-refractivity contribution >= 4 is 23.3 Å². The summed E-state index contributed by atoms with van der Waals surface area (Å²) in [5, 5.41) is 20.3. The predicted octanol–water partition coefficient (Wildman–Crippen LogP) is 5.04. The molecule has 0 spiro atoms. The maximum Gasteiger partial charge on any atom is 0.303 e. The van der Waals surface area contributed by atoms with Gasteiger partial charge in [-0.1, -0.05) is 26.8 Å². The highest BCUT2D eigenvalue weighted by Gasteiger charge is 2.28. The molecule has 33 heavy (non-hydrogen) atoms. The Balaban J connectivity index is 1.69. The second kappa shape index (κ2) is 10.5. The van der Waals surface area contributed by atoms with Gasteiger partial charge in [0.1, 0.15) is 5.82 Å². The number of aliphatic carboxylic acids is 1. The van der Waals surface area contributed by atoms with E-state index in [1.165, 1.54) is 0 Å². The Kier molecular flexibility index (Phi) is 7.53. The topological polar surface area (TPSA) is 103 Å². The average molecular weight is 456 g/mol. The lowest BCUT2D eigenvalue weighted by atomic mass is 9.92. The first kappa shape index (κ1) is 23.5. The lowest BCUT2D eigenvalue weighted by Gasteiger charge is -2.38. The van der Waals surface area contributed by atoms with E-state index in [0.717, 1.165) is 74.6 Å². The standard InChI is InChI=1S/C25H37N5O3/c1-4-17(14-23(31)32)19-7-8-22(30(15-16(2)3)20-9-11-33-12-10-20)21(13-19)26-25-27-24(28-29-25)18-5-6-18/h7-8,13,16-18,20H,4-6,9-12,14-15H2,1-3H3,(H,31,32)(H2,26,27,28,29)/t17-/m1/s1. The summed E-state index contributed by atoms with van der Waals surface area (Å²) >= 11 is 0. The number of nitrogens with zero attached hydrogens (tertiary/aromatic N) is 3. The van der Waals surface area contributed by atoms with Crippen LogP contribution in [0.4, 0.5) is 17.3 Å². The molecule has 2 aliphatic rings. The van der Waals surface area contributed by atoms with Gasteiger partial charge in [-0.3, -0.25) is 9.89 Å². The molecular weight excluding hydrogens is 418 g/mol. The largest absolute Gasteiger partial charge is 0.481 e. The molecular formula is C25H37N5O3. The fourth-order valence-corrected chi connectivity index (χ4v) is 4.69. The normalized spacial score (nSPS) is 17.8. The number of aromatic nitrogens is 3. The lowest BCUT2D eigenvalue weighted by Crippen LogP contribution is -2.42. The molecule has 1 saturated carbocycles.